The van der Waals surface area contributed by atoms with Gasteiger partial charge in [-0.05, 0) is 36.0 Å². The van der Waals surface area contributed by atoms with Crippen LogP contribution in [0.15, 0.2) is 18.3 Å². The zero-order valence-corrected chi connectivity index (χ0v) is 9.44. The highest BCUT2D eigenvalue weighted by Crippen LogP contribution is 2.23. The number of hydrogen-bond acceptors (Lipinski definition) is 3. The lowest BCUT2D eigenvalue weighted by Crippen LogP contribution is -2.13. The fourth-order valence-corrected chi connectivity index (χ4v) is 2.94. The first kappa shape index (κ1) is 10.1. The number of hydrogen-bond donors (Lipinski definition) is 1. The summed E-state index contributed by atoms with van der Waals surface area (Å²) in [5.41, 5.74) is 0. The van der Waals surface area contributed by atoms with Crippen LogP contribution in [0, 0.1) is 5.92 Å². The van der Waals surface area contributed by atoms with Gasteiger partial charge in [0.2, 0.25) is 0 Å². The van der Waals surface area contributed by atoms with Crippen LogP contribution in [-0.4, -0.2) is 23.0 Å². The molecule has 0 saturated carbocycles. The molecule has 1 unspecified atom stereocenters. The third kappa shape index (κ3) is 2.79. The summed E-state index contributed by atoms with van der Waals surface area (Å²) >= 11 is 7.89. The van der Waals surface area contributed by atoms with E-state index in [-0.39, 0.29) is 0 Å². The molecule has 1 saturated heterocycles. The molecule has 1 N–H and O–H groups in total. The van der Waals surface area contributed by atoms with Crippen LogP contribution in [0.25, 0.3) is 0 Å². The average molecular weight is 229 g/mol. The number of pyridine rings is 1. The van der Waals surface area contributed by atoms with E-state index in [1.54, 1.807) is 12.3 Å². The SMILES string of the molecule is Clc1ccnc(NCC2CCSC2)c1. The number of nitrogens with zero attached hydrogens (tertiary/aromatic N) is 1. The molecule has 0 aliphatic carbocycles. The molecular weight excluding hydrogens is 216 g/mol. The number of rotatable bonds is 3. The Bertz CT molecular complexity index is 300. The monoisotopic (exact) mass is 228 g/mol. The fraction of sp³-hybridized carbons (Fsp3) is 0.500. The summed E-state index contributed by atoms with van der Waals surface area (Å²) < 4.78 is 0. The number of aromatic nitrogens is 1. The summed E-state index contributed by atoms with van der Waals surface area (Å²) in [6.45, 7) is 1.01. The van der Waals surface area contributed by atoms with Crippen molar-refractivity contribution in [1.82, 2.24) is 4.98 Å². The number of nitrogens with one attached hydrogen (secondary N) is 1. The molecule has 76 valence electrons. The summed E-state index contributed by atoms with van der Waals surface area (Å²) in [5, 5.41) is 4.06. The molecule has 1 fully saturated rings. The smallest absolute Gasteiger partial charge is 0.127 e. The predicted octanol–water partition coefficient (Wildman–Crippen LogP) is 2.90. The maximum absolute atomic E-state index is 5.86. The van der Waals surface area contributed by atoms with Gasteiger partial charge in [0.1, 0.15) is 5.82 Å². The van der Waals surface area contributed by atoms with Gasteiger partial charge in [-0.1, -0.05) is 11.6 Å². The quantitative estimate of drug-likeness (QED) is 0.861. The molecule has 0 bridgehead atoms. The first-order chi connectivity index (χ1) is 6.84. The topological polar surface area (TPSA) is 24.9 Å². The van der Waals surface area contributed by atoms with Gasteiger partial charge >= 0.3 is 0 Å². The molecule has 1 aliphatic rings. The second-order valence-electron chi connectivity index (χ2n) is 3.47. The Balaban J connectivity index is 1.85. The summed E-state index contributed by atoms with van der Waals surface area (Å²) in [6.07, 6.45) is 3.05. The molecule has 1 aromatic rings. The van der Waals surface area contributed by atoms with Crippen LogP contribution in [0.3, 0.4) is 0 Å². The molecule has 0 amide bonds. The van der Waals surface area contributed by atoms with E-state index in [0.717, 1.165) is 23.3 Å². The van der Waals surface area contributed by atoms with Crippen LogP contribution in [0.1, 0.15) is 6.42 Å². The van der Waals surface area contributed by atoms with Crippen molar-refractivity contribution in [2.75, 3.05) is 23.4 Å². The molecule has 0 radical (unpaired) electrons. The number of halogens is 1. The summed E-state index contributed by atoms with van der Waals surface area (Å²) in [4.78, 5) is 4.20. The molecule has 1 aromatic heterocycles. The lowest BCUT2D eigenvalue weighted by Gasteiger charge is -2.10. The molecule has 14 heavy (non-hydrogen) atoms. The summed E-state index contributed by atoms with van der Waals surface area (Å²) in [6, 6.07) is 3.65. The van der Waals surface area contributed by atoms with Crippen molar-refractivity contribution in [2.24, 2.45) is 5.92 Å². The Morgan fingerprint density at radius 3 is 3.29 bits per heavy atom. The molecule has 2 heterocycles. The van der Waals surface area contributed by atoms with E-state index in [0.29, 0.717) is 0 Å². The minimum Gasteiger partial charge on any atom is -0.370 e. The zero-order valence-electron chi connectivity index (χ0n) is 7.87. The van der Waals surface area contributed by atoms with Crippen LogP contribution in [0.2, 0.25) is 5.02 Å². The predicted molar refractivity (Wildman–Crippen MR) is 63.2 cm³/mol. The van der Waals surface area contributed by atoms with Crippen molar-refractivity contribution in [2.45, 2.75) is 6.42 Å². The highest BCUT2D eigenvalue weighted by Gasteiger charge is 2.14. The molecule has 0 spiro atoms. The second kappa shape index (κ2) is 4.89. The van der Waals surface area contributed by atoms with Crippen LogP contribution >= 0.6 is 23.4 Å². The Morgan fingerprint density at radius 1 is 1.64 bits per heavy atom. The molecule has 2 rings (SSSR count). The molecule has 0 aromatic carbocycles. The summed E-state index contributed by atoms with van der Waals surface area (Å²) in [5.74, 6) is 4.25. The van der Waals surface area contributed by atoms with Gasteiger partial charge in [0, 0.05) is 17.8 Å². The van der Waals surface area contributed by atoms with Gasteiger partial charge in [-0.3, -0.25) is 0 Å². The lowest BCUT2D eigenvalue weighted by atomic mass is 10.1. The Morgan fingerprint density at radius 2 is 2.57 bits per heavy atom. The van der Waals surface area contributed by atoms with Crippen molar-refractivity contribution >= 4 is 29.2 Å². The van der Waals surface area contributed by atoms with Crippen LogP contribution in [0.5, 0.6) is 0 Å². The first-order valence-corrected chi connectivity index (χ1v) is 6.31. The molecular formula is C10H13ClN2S. The number of anilines is 1. The molecule has 1 atom stereocenters. The van der Waals surface area contributed by atoms with Gasteiger partial charge in [0.15, 0.2) is 0 Å². The summed E-state index contributed by atoms with van der Waals surface area (Å²) in [7, 11) is 0. The van der Waals surface area contributed by atoms with E-state index in [9.17, 15) is 0 Å². The van der Waals surface area contributed by atoms with Gasteiger partial charge in [0.25, 0.3) is 0 Å². The van der Waals surface area contributed by atoms with Crippen molar-refractivity contribution < 1.29 is 0 Å². The van der Waals surface area contributed by atoms with E-state index in [2.05, 4.69) is 10.3 Å². The van der Waals surface area contributed by atoms with Gasteiger partial charge in [0.05, 0.1) is 0 Å². The van der Waals surface area contributed by atoms with Gasteiger partial charge < -0.3 is 5.32 Å². The van der Waals surface area contributed by atoms with Gasteiger partial charge in [-0.2, -0.15) is 11.8 Å². The maximum atomic E-state index is 5.86. The third-order valence-electron chi connectivity index (χ3n) is 2.32. The number of thioether (sulfide) groups is 1. The fourth-order valence-electron chi connectivity index (χ4n) is 1.49. The van der Waals surface area contributed by atoms with Gasteiger partial charge in [-0.25, -0.2) is 4.98 Å². The van der Waals surface area contributed by atoms with E-state index >= 15 is 0 Å². The Labute approximate surface area is 93.4 Å². The molecule has 4 heteroatoms. The molecule has 1 aliphatic heterocycles. The van der Waals surface area contributed by atoms with Crippen LogP contribution in [-0.2, 0) is 0 Å². The Hall–Kier alpha value is -0.410. The standard InChI is InChI=1S/C10H13ClN2S/c11-9-1-3-12-10(5-9)13-6-8-2-4-14-7-8/h1,3,5,8H,2,4,6-7H2,(H,12,13). The highest BCUT2D eigenvalue weighted by molar-refractivity contribution is 7.99. The average Bonchev–Trinajstić information content (AvgIpc) is 2.67. The largest absolute Gasteiger partial charge is 0.370 e. The zero-order chi connectivity index (χ0) is 9.80. The van der Waals surface area contributed by atoms with Crippen molar-refractivity contribution in [1.29, 1.82) is 0 Å². The molecule has 2 nitrogen and oxygen atoms in total. The minimum atomic E-state index is 0.739. The van der Waals surface area contributed by atoms with Crippen LogP contribution < -0.4 is 5.32 Å². The highest BCUT2D eigenvalue weighted by atomic mass is 35.5. The van der Waals surface area contributed by atoms with E-state index in [4.69, 9.17) is 11.6 Å². The maximum Gasteiger partial charge on any atom is 0.127 e. The lowest BCUT2D eigenvalue weighted by molar-refractivity contribution is 0.630. The second-order valence-corrected chi connectivity index (χ2v) is 5.06. The van der Waals surface area contributed by atoms with Gasteiger partial charge in [-0.15, -0.1) is 0 Å². The van der Waals surface area contributed by atoms with Crippen molar-refractivity contribution in [3.63, 3.8) is 0 Å². The van der Waals surface area contributed by atoms with Crippen LogP contribution in [0.4, 0.5) is 5.82 Å². The van der Waals surface area contributed by atoms with Crippen molar-refractivity contribution in [3.05, 3.63) is 23.4 Å². The van der Waals surface area contributed by atoms with E-state index in [1.165, 1.54) is 17.9 Å². The minimum absolute atomic E-state index is 0.739. The van der Waals surface area contributed by atoms with E-state index in [1.807, 2.05) is 17.8 Å². The van der Waals surface area contributed by atoms with E-state index < -0.39 is 0 Å². The van der Waals surface area contributed by atoms with Crippen molar-refractivity contribution in [3.8, 4) is 0 Å². The Kier molecular flexibility index (Phi) is 3.54. The third-order valence-corrected chi connectivity index (χ3v) is 3.78. The first-order valence-electron chi connectivity index (χ1n) is 4.78. The normalized spacial score (nSPS) is 21.1.